The number of aldehydes is 1. The van der Waals surface area contributed by atoms with E-state index >= 15 is 0 Å². The van der Waals surface area contributed by atoms with Crippen LogP contribution in [0.3, 0.4) is 0 Å². The van der Waals surface area contributed by atoms with Gasteiger partial charge in [0, 0.05) is 11.5 Å². The van der Waals surface area contributed by atoms with E-state index in [-0.39, 0.29) is 41.1 Å². The number of allylic oxidation sites excluding steroid dienone is 1. The Labute approximate surface area is 99.9 Å². The molecule has 4 nitrogen and oxygen atoms in total. The summed E-state index contributed by atoms with van der Waals surface area (Å²) in [5.41, 5.74) is 0. The summed E-state index contributed by atoms with van der Waals surface area (Å²) in [4.78, 5) is 9.06. The summed E-state index contributed by atoms with van der Waals surface area (Å²) in [7, 11) is -4.00. The second-order valence-electron chi connectivity index (χ2n) is 1.36. The van der Waals surface area contributed by atoms with E-state index in [1.54, 1.807) is 0 Å². The van der Waals surface area contributed by atoms with Crippen LogP contribution >= 0.6 is 12.6 Å². The van der Waals surface area contributed by atoms with Crippen molar-refractivity contribution in [2.45, 2.75) is 0 Å². The molecule has 0 aromatic rings. The molecular formula is C5H9NaO4S2. The minimum Gasteiger partial charge on any atom is -0.748 e. The molecule has 0 amide bonds. The number of rotatable bonds is 3. The van der Waals surface area contributed by atoms with E-state index in [9.17, 15) is 13.0 Å². The van der Waals surface area contributed by atoms with E-state index in [1.807, 2.05) is 0 Å². The average Bonchev–Trinajstić information content (AvgIpc) is 1.86. The Bertz CT molecular complexity index is 193. The van der Waals surface area contributed by atoms with Crippen LogP contribution in [-0.2, 0) is 14.9 Å². The zero-order valence-corrected chi connectivity index (χ0v) is 10.5. The SMILES string of the molecule is C=CC=O.O=S(=O)([O-])CCS.[Na+]. The number of thiol groups is 1. The largest absolute Gasteiger partial charge is 1.00 e. The van der Waals surface area contributed by atoms with Gasteiger partial charge in [0.05, 0.1) is 10.1 Å². The molecule has 66 valence electrons. The van der Waals surface area contributed by atoms with Crippen molar-refractivity contribution >= 4 is 29.0 Å². The molecule has 0 aliphatic carbocycles. The van der Waals surface area contributed by atoms with Gasteiger partial charge in [-0.15, -0.1) is 0 Å². The maximum Gasteiger partial charge on any atom is 1.00 e. The van der Waals surface area contributed by atoms with Gasteiger partial charge >= 0.3 is 29.6 Å². The molecule has 0 radical (unpaired) electrons. The molecular weight excluding hydrogens is 211 g/mol. The summed E-state index contributed by atoms with van der Waals surface area (Å²) in [5.74, 6) is -0.276. The smallest absolute Gasteiger partial charge is 0.748 e. The zero-order chi connectivity index (χ0) is 9.33. The van der Waals surface area contributed by atoms with Crippen LogP contribution < -0.4 is 29.6 Å². The van der Waals surface area contributed by atoms with Crippen molar-refractivity contribution in [1.29, 1.82) is 0 Å². The van der Waals surface area contributed by atoms with Crippen LogP contribution in [0.25, 0.3) is 0 Å². The van der Waals surface area contributed by atoms with Gasteiger partial charge in [0.2, 0.25) is 0 Å². The number of hydrogen-bond donors (Lipinski definition) is 1. The second kappa shape index (κ2) is 11.7. The zero-order valence-electron chi connectivity index (χ0n) is 6.76. The first-order valence-corrected chi connectivity index (χ1v) is 4.79. The fourth-order valence-electron chi connectivity index (χ4n) is 0.112. The number of hydrogen-bond acceptors (Lipinski definition) is 5. The van der Waals surface area contributed by atoms with Crippen molar-refractivity contribution in [1.82, 2.24) is 0 Å². The molecule has 0 bridgehead atoms. The van der Waals surface area contributed by atoms with Gasteiger partial charge in [-0.3, -0.25) is 4.79 Å². The van der Waals surface area contributed by atoms with E-state index in [0.717, 1.165) is 0 Å². The third kappa shape index (κ3) is 31.0. The van der Waals surface area contributed by atoms with E-state index in [2.05, 4.69) is 19.2 Å². The molecule has 12 heavy (non-hydrogen) atoms. The molecule has 0 aromatic carbocycles. The van der Waals surface area contributed by atoms with Crippen LogP contribution in [0.5, 0.6) is 0 Å². The third-order valence-corrected chi connectivity index (χ3v) is 1.67. The summed E-state index contributed by atoms with van der Waals surface area (Å²) in [6, 6.07) is 0. The average molecular weight is 220 g/mol. The van der Waals surface area contributed by atoms with E-state index < -0.39 is 10.1 Å². The van der Waals surface area contributed by atoms with Crippen molar-refractivity contribution < 1.29 is 47.3 Å². The van der Waals surface area contributed by atoms with E-state index in [0.29, 0.717) is 6.29 Å². The van der Waals surface area contributed by atoms with E-state index in [1.165, 1.54) is 6.08 Å². The van der Waals surface area contributed by atoms with Crippen LogP contribution in [0, 0.1) is 0 Å². The van der Waals surface area contributed by atoms with Gasteiger partial charge in [0.1, 0.15) is 6.29 Å². The minimum atomic E-state index is -4.00. The standard InChI is InChI=1S/C3H4O.C2H6O3S2.Na/c1-2-3-4;3-7(4,5)2-1-6;/h2-3H,1H2;6H,1-2H2,(H,3,4,5);/q;;+1/p-1. The van der Waals surface area contributed by atoms with Crippen LogP contribution in [-0.4, -0.2) is 30.8 Å². The number of carbonyl (C=O) groups excluding carboxylic acids is 1. The van der Waals surface area contributed by atoms with Crippen LogP contribution in [0.2, 0.25) is 0 Å². The Balaban J connectivity index is -0.000000142. The molecule has 0 aromatic heterocycles. The fraction of sp³-hybridized carbons (Fsp3) is 0.400. The third-order valence-electron chi connectivity index (χ3n) is 0.438. The van der Waals surface area contributed by atoms with Crippen LogP contribution in [0.15, 0.2) is 12.7 Å². The topological polar surface area (TPSA) is 74.3 Å². The molecule has 0 atom stereocenters. The monoisotopic (exact) mass is 220 g/mol. The molecule has 7 heteroatoms. The Hall–Kier alpha value is 0.670. The normalized spacial score (nSPS) is 8.50. The van der Waals surface area contributed by atoms with Crippen molar-refractivity contribution in [3.63, 3.8) is 0 Å². The summed E-state index contributed by atoms with van der Waals surface area (Å²) in [5, 5.41) is 0. The van der Waals surface area contributed by atoms with Crippen molar-refractivity contribution in [3.05, 3.63) is 12.7 Å². The van der Waals surface area contributed by atoms with Crippen LogP contribution in [0.4, 0.5) is 0 Å². The quantitative estimate of drug-likeness (QED) is 0.179. The summed E-state index contributed by atoms with van der Waals surface area (Å²) in [6.45, 7) is 3.11. The summed E-state index contributed by atoms with van der Waals surface area (Å²) < 4.78 is 28.9. The van der Waals surface area contributed by atoms with Gasteiger partial charge in [0.25, 0.3) is 0 Å². The molecule has 0 saturated carbocycles. The Morgan fingerprint density at radius 1 is 1.50 bits per heavy atom. The van der Waals surface area contributed by atoms with Gasteiger partial charge in [-0.25, -0.2) is 8.42 Å². The first-order chi connectivity index (χ1) is 4.97. The maximum absolute atomic E-state index is 9.63. The second-order valence-corrected chi connectivity index (χ2v) is 3.33. The summed E-state index contributed by atoms with van der Waals surface area (Å²) in [6.07, 6.45) is 1.83. The molecule has 0 aliphatic heterocycles. The van der Waals surface area contributed by atoms with Gasteiger partial charge in [-0.1, -0.05) is 6.58 Å². The Kier molecular flexibility index (Phi) is 17.9. The Morgan fingerprint density at radius 3 is 1.83 bits per heavy atom. The van der Waals surface area contributed by atoms with Crippen molar-refractivity contribution in [3.8, 4) is 0 Å². The van der Waals surface area contributed by atoms with Gasteiger partial charge in [-0.2, -0.15) is 12.6 Å². The van der Waals surface area contributed by atoms with Gasteiger partial charge in [0.15, 0.2) is 0 Å². The van der Waals surface area contributed by atoms with Gasteiger partial charge in [-0.05, 0) is 6.08 Å². The van der Waals surface area contributed by atoms with Gasteiger partial charge < -0.3 is 4.55 Å². The molecule has 0 rings (SSSR count). The minimum absolute atomic E-state index is 0. The molecule has 0 heterocycles. The first-order valence-electron chi connectivity index (χ1n) is 2.58. The fourth-order valence-corrected chi connectivity index (χ4v) is 1.01. The maximum atomic E-state index is 9.63. The molecule has 0 N–H and O–H groups in total. The van der Waals surface area contributed by atoms with Crippen molar-refractivity contribution in [2.75, 3.05) is 11.5 Å². The molecule has 0 aliphatic rings. The van der Waals surface area contributed by atoms with Crippen LogP contribution in [0.1, 0.15) is 0 Å². The molecule has 0 fully saturated rings. The van der Waals surface area contributed by atoms with Crippen molar-refractivity contribution in [2.24, 2.45) is 0 Å². The first kappa shape index (κ1) is 18.5. The molecule has 0 spiro atoms. The molecule has 0 saturated heterocycles. The molecule has 0 unspecified atom stereocenters. The van der Waals surface area contributed by atoms with E-state index in [4.69, 9.17) is 4.79 Å². The Morgan fingerprint density at radius 2 is 1.83 bits per heavy atom. The summed E-state index contributed by atoms with van der Waals surface area (Å²) >= 11 is 3.53. The predicted molar refractivity (Wildman–Crippen MR) is 44.7 cm³/mol. The number of carbonyl (C=O) groups is 1. The predicted octanol–water partition coefficient (Wildman–Crippen LogP) is -3.16.